The molecule has 0 bridgehead atoms. The summed E-state index contributed by atoms with van der Waals surface area (Å²) in [5.74, 6) is 0.0465. The molecule has 0 aliphatic carbocycles. The van der Waals surface area contributed by atoms with Gasteiger partial charge in [0.05, 0.1) is 5.75 Å². The second kappa shape index (κ2) is 6.01. The van der Waals surface area contributed by atoms with Crippen molar-refractivity contribution in [3.05, 3.63) is 28.2 Å². The van der Waals surface area contributed by atoms with E-state index in [0.29, 0.717) is 5.16 Å². The van der Waals surface area contributed by atoms with Crippen LogP contribution >= 0.6 is 23.1 Å². The molecule has 0 unspecified atom stereocenters. The summed E-state index contributed by atoms with van der Waals surface area (Å²) in [7, 11) is 0. The Morgan fingerprint density at radius 2 is 2.39 bits per heavy atom. The lowest BCUT2D eigenvalue weighted by Gasteiger charge is -2.05. The van der Waals surface area contributed by atoms with E-state index in [0.717, 1.165) is 18.8 Å². The number of thioether (sulfide) groups is 1. The molecule has 2 aromatic rings. The van der Waals surface area contributed by atoms with Crippen LogP contribution in [0.25, 0.3) is 0 Å². The van der Waals surface area contributed by atoms with Crippen molar-refractivity contribution in [2.24, 2.45) is 0 Å². The number of carbonyl (C=O) groups is 1. The topological polar surface area (TPSA) is 68.0 Å². The first-order chi connectivity index (χ1) is 8.70. The van der Waals surface area contributed by atoms with Gasteiger partial charge >= 0.3 is 5.97 Å². The second-order valence-electron chi connectivity index (χ2n) is 3.63. The zero-order valence-electron chi connectivity index (χ0n) is 9.87. The predicted molar refractivity (Wildman–Crippen MR) is 71.2 cm³/mol. The third kappa shape index (κ3) is 3.11. The maximum Gasteiger partial charge on any atom is 0.313 e. The fourth-order valence-corrected chi connectivity index (χ4v) is 2.99. The fraction of sp³-hybridized carbons (Fsp3) is 0.364. The third-order valence-electron chi connectivity index (χ3n) is 2.38. The van der Waals surface area contributed by atoms with Gasteiger partial charge in [-0.3, -0.25) is 4.79 Å². The normalized spacial score (nSPS) is 10.7. The lowest BCUT2D eigenvalue weighted by molar-refractivity contribution is -0.133. The monoisotopic (exact) mass is 283 g/mol. The summed E-state index contributed by atoms with van der Waals surface area (Å²) < 4.78 is 1.96. The van der Waals surface area contributed by atoms with E-state index in [4.69, 9.17) is 5.11 Å². The molecule has 0 saturated carbocycles. The highest BCUT2D eigenvalue weighted by Crippen LogP contribution is 2.19. The first-order valence-corrected chi connectivity index (χ1v) is 7.41. The van der Waals surface area contributed by atoms with Gasteiger partial charge < -0.3 is 9.67 Å². The highest BCUT2D eigenvalue weighted by Gasteiger charge is 2.13. The van der Waals surface area contributed by atoms with Crippen LogP contribution in [0.4, 0.5) is 0 Å². The van der Waals surface area contributed by atoms with Gasteiger partial charge in [0.2, 0.25) is 0 Å². The maximum atomic E-state index is 10.6. The highest BCUT2D eigenvalue weighted by molar-refractivity contribution is 7.99. The van der Waals surface area contributed by atoms with Gasteiger partial charge in [-0.25, -0.2) is 0 Å². The molecule has 0 aromatic carbocycles. The Bertz CT molecular complexity index is 522. The molecule has 0 aliphatic rings. The van der Waals surface area contributed by atoms with Gasteiger partial charge in [-0.15, -0.1) is 10.2 Å². The van der Waals surface area contributed by atoms with Gasteiger partial charge in [0.1, 0.15) is 5.82 Å². The Labute approximate surface area is 113 Å². The van der Waals surface area contributed by atoms with Crippen LogP contribution in [0.1, 0.15) is 18.3 Å². The van der Waals surface area contributed by atoms with Crippen LogP contribution in [0, 0.1) is 0 Å². The molecule has 0 fully saturated rings. The molecule has 7 heteroatoms. The van der Waals surface area contributed by atoms with Gasteiger partial charge in [0, 0.05) is 13.0 Å². The van der Waals surface area contributed by atoms with Crippen LogP contribution in [0.2, 0.25) is 0 Å². The average Bonchev–Trinajstić information content (AvgIpc) is 2.96. The number of hydrogen-bond donors (Lipinski definition) is 1. The van der Waals surface area contributed by atoms with E-state index in [9.17, 15) is 4.79 Å². The molecule has 0 radical (unpaired) electrons. The molecule has 1 N–H and O–H groups in total. The summed E-state index contributed by atoms with van der Waals surface area (Å²) in [5, 5.41) is 21.7. The average molecular weight is 283 g/mol. The van der Waals surface area contributed by atoms with E-state index < -0.39 is 5.97 Å². The summed E-state index contributed by atoms with van der Waals surface area (Å²) in [6.45, 7) is 2.75. The molecule has 5 nitrogen and oxygen atoms in total. The molecular formula is C11H13N3O2S2. The molecule has 0 amide bonds. The van der Waals surface area contributed by atoms with Crippen LogP contribution in [-0.2, 0) is 17.8 Å². The Hall–Kier alpha value is -1.34. The van der Waals surface area contributed by atoms with Crippen molar-refractivity contribution in [3.63, 3.8) is 0 Å². The van der Waals surface area contributed by atoms with Crippen LogP contribution < -0.4 is 0 Å². The van der Waals surface area contributed by atoms with Crippen molar-refractivity contribution in [2.45, 2.75) is 25.0 Å². The van der Waals surface area contributed by atoms with E-state index in [2.05, 4.69) is 21.6 Å². The second-order valence-corrected chi connectivity index (χ2v) is 5.36. The smallest absolute Gasteiger partial charge is 0.313 e. The molecule has 0 atom stereocenters. The number of carboxylic acids is 1. The molecule has 0 saturated heterocycles. The molecule has 2 heterocycles. The SMILES string of the molecule is CCn1c(Cc2ccsc2)nnc1SCC(=O)O. The van der Waals surface area contributed by atoms with E-state index in [1.54, 1.807) is 11.3 Å². The van der Waals surface area contributed by atoms with E-state index in [1.165, 1.54) is 17.3 Å². The van der Waals surface area contributed by atoms with Crippen molar-refractivity contribution in [2.75, 3.05) is 5.75 Å². The predicted octanol–water partition coefficient (Wildman–Crippen LogP) is 2.13. The van der Waals surface area contributed by atoms with E-state index in [1.807, 2.05) is 16.9 Å². The Morgan fingerprint density at radius 3 is 3.00 bits per heavy atom. The lowest BCUT2D eigenvalue weighted by Crippen LogP contribution is -2.05. The third-order valence-corrected chi connectivity index (χ3v) is 4.06. The van der Waals surface area contributed by atoms with E-state index in [-0.39, 0.29) is 5.75 Å². The molecule has 96 valence electrons. The minimum atomic E-state index is -0.843. The van der Waals surface area contributed by atoms with Crippen LogP contribution in [0.5, 0.6) is 0 Å². The van der Waals surface area contributed by atoms with Crippen LogP contribution in [-0.4, -0.2) is 31.6 Å². The van der Waals surface area contributed by atoms with Crippen molar-refractivity contribution >= 4 is 29.1 Å². The quantitative estimate of drug-likeness (QED) is 0.823. The standard InChI is InChI=1S/C11H13N3O2S2/c1-2-14-9(5-8-3-4-17-6-8)12-13-11(14)18-7-10(15)16/h3-4,6H,2,5,7H2,1H3,(H,15,16). The number of nitrogens with zero attached hydrogens (tertiary/aromatic N) is 3. The van der Waals surface area contributed by atoms with Crippen molar-refractivity contribution < 1.29 is 9.90 Å². The summed E-state index contributed by atoms with van der Waals surface area (Å²) in [6, 6.07) is 2.06. The largest absolute Gasteiger partial charge is 0.481 e. The van der Waals surface area contributed by atoms with Gasteiger partial charge in [-0.1, -0.05) is 11.8 Å². The summed E-state index contributed by atoms with van der Waals surface area (Å²) in [6.07, 6.45) is 0.734. The number of rotatable bonds is 6. The molecular weight excluding hydrogens is 270 g/mol. The molecule has 2 rings (SSSR count). The van der Waals surface area contributed by atoms with Gasteiger partial charge in [0.15, 0.2) is 5.16 Å². The van der Waals surface area contributed by atoms with Crippen LogP contribution in [0.3, 0.4) is 0 Å². The maximum absolute atomic E-state index is 10.6. The minimum Gasteiger partial charge on any atom is -0.481 e. The van der Waals surface area contributed by atoms with Crippen molar-refractivity contribution in [1.82, 2.24) is 14.8 Å². The summed E-state index contributed by atoms with van der Waals surface area (Å²) in [5.41, 5.74) is 1.21. The van der Waals surface area contributed by atoms with Gasteiger partial charge in [-0.2, -0.15) is 11.3 Å². The first-order valence-electron chi connectivity index (χ1n) is 5.48. The minimum absolute atomic E-state index is 0.0105. The lowest BCUT2D eigenvalue weighted by atomic mass is 10.2. The number of aromatic nitrogens is 3. The van der Waals surface area contributed by atoms with Gasteiger partial charge in [-0.05, 0) is 29.3 Å². The summed E-state index contributed by atoms with van der Waals surface area (Å²) >= 11 is 2.86. The van der Waals surface area contributed by atoms with Gasteiger partial charge in [0.25, 0.3) is 0 Å². The molecule has 0 spiro atoms. The number of aliphatic carboxylic acids is 1. The van der Waals surface area contributed by atoms with E-state index >= 15 is 0 Å². The fourth-order valence-electron chi connectivity index (χ4n) is 1.58. The molecule has 2 aromatic heterocycles. The van der Waals surface area contributed by atoms with Crippen LogP contribution in [0.15, 0.2) is 22.0 Å². The number of thiophene rings is 1. The van der Waals surface area contributed by atoms with Crippen molar-refractivity contribution in [3.8, 4) is 0 Å². The summed E-state index contributed by atoms with van der Waals surface area (Å²) in [4.78, 5) is 10.6. The zero-order chi connectivity index (χ0) is 13.0. The Morgan fingerprint density at radius 1 is 1.56 bits per heavy atom. The molecule has 0 aliphatic heterocycles. The first kappa shape index (κ1) is 13.1. The highest BCUT2D eigenvalue weighted by atomic mass is 32.2. The van der Waals surface area contributed by atoms with Crippen molar-refractivity contribution in [1.29, 1.82) is 0 Å². The number of hydrogen-bond acceptors (Lipinski definition) is 5. The zero-order valence-corrected chi connectivity index (χ0v) is 11.5. The molecule has 18 heavy (non-hydrogen) atoms. The Kier molecular flexibility index (Phi) is 4.38. The number of carboxylic acid groups (broad SMARTS) is 1. The Balaban J connectivity index is 2.13.